The maximum absolute atomic E-state index is 14.4. The molecule has 0 radical (unpaired) electrons. The Labute approximate surface area is 301 Å². The molecular weight excluding hydrogens is 624 g/mol. The molecule has 1 aromatic rings. The van der Waals surface area contributed by atoms with Crippen molar-refractivity contribution in [2.24, 2.45) is 56.7 Å². The summed E-state index contributed by atoms with van der Waals surface area (Å²) >= 11 is 0. The van der Waals surface area contributed by atoms with Crippen LogP contribution in [0.4, 0.5) is 0 Å². The second kappa shape index (κ2) is 13.5. The molecule has 7 nitrogen and oxygen atoms in total. The molecular formula is C43H64N2O5. The van der Waals surface area contributed by atoms with E-state index in [1.165, 1.54) is 30.4 Å². The van der Waals surface area contributed by atoms with Crippen molar-refractivity contribution in [1.29, 1.82) is 0 Å². The number of carbonyl (C=O) groups excluding carboxylic acids is 1. The van der Waals surface area contributed by atoms with Crippen LogP contribution < -0.4 is 5.32 Å². The molecule has 1 aromatic carbocycles. The Morgan fingerprint density at radius 3 is 2.16 bits per heavy atom. The van der Waals surface area contributed by atoms with E-state index in [1.54, 1.807) is 12.1 Å². The third kappa shape index (κ3) is 5.64. The quantitative estimate of drug-likeness (QED) is 0.180. The molecule has 4 N–H and O–H groups in total. The van der Waals surface area contributed by atoms with E-state index in [0.717, 1.165) is 44.1 Å². The lowest BCUT2D eigenvalue weighted by Crippen LogP contribution is -2.66. The van der Waals surface area contributed by atoms with Crippen LogP contribution in [0, 0.1) is 56.7 Å². The van der Waals surface area contributed by atoms with Crippen LogP contribution >= 0.6 is 0 Å². The van der Waals surface area contributed by atoms with Crippen molar-refractivity contribution < 1.29 is 24.9 Å². The molecule has 7 heteroatoms. The van der Waals surface area contributed by atoms with Gasteiger partial charge in [0.2, 0.25) is 5.91 Å². The number of hydrogen-bond donors (Lipinski definition) is 4. The number of hydrogen-bond acceptors (Lipinski definition) is 5. The lowest BCUT2D eigenvalue weighted by atomic mass is 9.32. The van der Waals surface area contributed by atoms with Crippen molar-refractivity contribution in [3.05, 3.63) is 53.6 Å². The number of benzene rings is 1. The highest BCUT2D eigenvalue weighted by molar-refractivity contribution is 5.88. The Balaban J connectivity index is 1.28. The van der Waals surface area contributed by atoms with E-state index in [2.05, 4.69) is 59.5 Å². The SMILES string of the molecule is C=C(C)C1CCC2(C(=O)NCCN(CCO)CCO)CCC3(C)C(CCC4C5(C)CC=C(c6ccc(C(=O)O)cc6)C(C)(C)C5CCC43C)C12. The fraction of sp³-hybridized carbons (Fsp3) is 0.721. The van der Waals surface area contributed by atoms with Gasteiger partial charge in [0.15, 0.2) is 0 Å². The molecule has 4 saturated carbocycles. The molecule has 0 spiro atoms. The van der Waals surface area contributed by atoms with E-state index in [-0.39, 0.29) is 46.2 Å². The van der Waals surface area contributed by atoms with Gasteiger partial charge in [0.05, 0.1) is 24.2 Å². The van der Waals surface area contributed by atoms with Crippen LogP contribution in [0.2, 0.25) is 0 Å². The van der Waals surface area contributed by atoms with Crippen molar-refractivity contribution >= 4 is 17.4 Å². The van der Waals surface area contributed by atoms with Gasteiger partial charge in [0.25, 0.3) is 0 Å². The van der Waals surface area contributed by atoms with E-state index in [0.29, 0.717) is 61.3 Å². The fourth-order valence-corrected chi connectivity index (χ4v) is 13.5. The fourth-order valence-electron chi connectivity index (χ4n) is 13.5. The number of carboxylic acid groups (broad SMARTS) is 1. The summed E-state index contributed by atoms with van der Waals surface area (Å²) in [7, 11) is 0. The van der Waals surface area contributed by atoms with Crippen LogP contribution in [0.3, 0.4) is 0 Å². The average Bonchev–Trinajstić information content (AvgIpc) is 3.46. The summed E-state index contributed by atoms with van der Waals surface area (Å²) in [5.41, 5.74) is 4.15. The second-order valence-electron chi connectivity index (χ2n) is 18.3. The minimum Gasteiger partial charge on any atom is -0.478 e. The molecule has 50 heavy (non-hydrogen) atoms. The summed E-state index contributed by atoms with van der Waals surface area (Å²) in [6, 6.07) is 7.50. The van der Waals surface area contributed by atoms with Crippen molar-refractivity contribution in [2.75, 3.05) is 39.4 Å². The predicted molar refractivity (Wildman–Crippen MR) is 199 cm³/mol. The minimum absolute atomic E-state index is 0.0307. The number of carbonyl (C=O) groups is 2. The normalized spacial score (nSPS) is 38.7. The first-order chi connectivity index (χ1) is 23.6. The summed E-state index contributed by atoms with van der Waals surface area (Å²) in [6.07, 6.45) is 12.3. The Bertz CT molecular complexity index is 1490. The largest absolute Gasteiger partial charge is 0.478 e. The number of aromatic carboxylic acids is 1. The maximum atomic E-state index is 14.4. The first-order valence-electron chi connectivity index (χ1n) is 19.5. The van der Waals surface area contributed by atoms with Crippen molar-refractivity contribution in [2.45, 2.75) is 99.3 Å². The Kier molecular flexibility index (Phi) is 10.1. The number of fused-ring (bicyclic) bond motifs is 7. The van der Waals surface area contributed by atoms with Crippen LogP contribution in [-0.4, -0.2) is 71.5 Å². The van der Waals surface area contributed by atoms with Crippen LogP contribution in [-0.2, 0) is 4.79 Å². The summed E-state index contributed by atoms with van der Waals surface area (Å²) in [5, 5.41) is 31.8. The number of aliphatic hydroxyl groups excluding tert-OH is 2. The number of allylic oxidation sites excluding steroid dienone is 3. The number of carboxylic acids is 1. The lowest BCUT2D eigenvalue weighted by Gasteiger charge is -2.72. The summed E-state index contributed by atoms with van der Waals surface area (Å²) < 4.78 is 0. The second-order valence-corrected chi connectivity index (χ2v) is 18.3. The van der Waals surface area contributed by atoms with Gasteiger partial charge in [0, 0.05) is 26.2 Å². The van der Waals surface area contributed by atoms with E-state index >= 15 is 0 Å². The number of rotatable bonds is 11. The highest BCUT2D eigenvalue weighted by Gasteiger charge is 2.71. The van der Waals surface area contributed by atoms with Crippen LogP contribution in [0.25, 0.3) is 5.57 Å². The summed E-state index contributed by atoms with van der Waals surface area (Å²) in [4.78, 5) is 28.0. The first-order valence-corrected chi connectivity index (χ1v) is 19.5. The molecule has 6 rings (SSSR count). The molecule has 276 valence electrons. The van der Waals surface area contributed by atoms with Crippen molar-refractivity contribution in [3.8, 4) is 0 Å². The molecule has 0 aliphatic heterocycles. The lowest BCUT2D eigenvalue weighted by molar-refractivity contribution is -0.225. The molecule has 0 saturated heterocycles. The summed E-state index contributed by atoms with van der Waals surface area (Å²) in [5.74, 6) is 1.60. The zero-order valence-corrected chi connectivity index (χ0v) is 31.7. The van der Waals surface area contributed by atoms with Gasteiger partial charge < -0.3 is 20.6 Å². The topological polar surface area (TPSA) is 110 Å². The number of nitrogens with one attached hydrogen (secondary N) is 1. The van der Waals surface area contributed by atoms with E-state index in [4.69, 9.17) is 0 Å². The molecule has 9 atom stereocenters. The smallest absolute Gasteiger partial charge is 0.335 e. The van der Waals surface area contributed by atoms with Crippen LogP contribution in [0.1, 0.15) is 115 Å². The standard InChI is InChI=1S/C43H64N2O5/c1-28(2)31-14-19-43(38(50)44-22-23-45(24-26-46)25-27-47)21-20-41(6)33(36(31)43)12-13-35-40(5)17-15-32(29-8-10-30(11-9-29)37(48)49)39(3,4)34(40)16-18-42(35,41)7/h8-11,15,31,33-36,46-47H,1,12-14,16-27H2,2-7H3,(H,44,50)(H,48,49). The summed E-state index contributed by atoms with van der Waals surface area (Å²) in [6.45, 7) is 21.6. The number of amides is 1. The van der Waals surface area contributed by atoms with Gasteiger partial charge >= 0.3 is 5.97 Å². The molecule has 4 fully saturated rings. The predicted octanol–water partition coefficient (Wildman–Crippen LogP) is 7.44. The van der Waals surface area contributed by atoms with Gasteiger partial charge in [-0.1, -0.05) is 65.0 Å². The molecule has 0 bridgehead atoms. The minimum atomic E-state index is -0.885. The van der Waals surface area contributed by atoms with Gasteiger partial charge in [0.1, 0.15) is 0 Å². The molecule has 0 heterocycles. The van der Waals surface area contributed by atoms with Crippen LogP contribution in [0.15, 0.2) is 42.5 Å². The first kappa shape index (κ1) is 37.3. The Morgan fingerprint density at radius 1 is 0.860 bits per heavy atom. The highest BCUT2D eigenvalue weighted by Crippen LogP contribution is 2.77. The zero-order valence-electron chi connectivity index (χ0n) is 31.7. The maximum Gasteiger partial charge on any atom is 0.335 e. The molecule has 0 aromatic heterocycles. The average molecular weight is 689 g/mol. The third-order valence-corrected chi connectivity index (χ3v) is 16.1. The van der Waals surface area contributed by atoms with Crippen molar-refractivity contribution in [1.82, 2.24) is 10.2 Å². The van der Waals surface area contributed by atoms with Gasteiger partial charge in [-0.05, 0) is 139 Å². The van der Waals surface area contributed by atoms with Gasteiger partial charge in [-0.25, -0.2) is 4.79 Å². The molecule has 9 unspecified atom stereocenters. The van der Waals surface area contributed by atoms with Crippen LogP contribution in [0.5, 0.6) is 0 Å². The van der Waals surface area contributed by atoms with Gasteiger partial charge in [-0.3, -0.25) is 9.69 Å². The van der Waals surface area contributed by atoms with Gasteiger partial charge in [-0.2, -0.15) is 0 Å². The van der Waals surface area contributed by atoms with E-state index < -0.39 is 5.97 Å². The molecule has 5 aliphatic carbocycles. The number of nitrogens with zero attached hydrogens (tertiary/aromatic N) is 1. The Morgan fingerprint density at radius 2 is 1.54 bits per heavy atom. The number of aliphatic hydroxyl groups is 2. The Hall–Kier alpha value is -2.48. The highest BCUT2D eigenvalue weighted by atomic mass is 16.4. The molecule has 1 amide bonds. The monoisotopic (exact) mass is 688 g/mol. The third-order valence-electron chi connectivity index (χ3n) is 16.1. The van der Waals surface area contributed by atoms with E-state index in [9.17, 15) is 24.9 Å². The molecule has 5 aliphatic rings. The van der Waals surface area contributed by atoms with Crippen molar-refractivity contribution in [3.63, 3.8) is 0 Å². The van der Waals surface area contributed by atoms with E-state index in [1.807, 2.05) is 17.0 Å². The zero-order chi connectivity index (χ0) is 36.3. The van der Waals surface area contributed by atoms with Gasteiger partial charge in [-0.15, -0.1) is 0 Å².